The van der Waals surface area contributed by atoms with Crippen molar-refractivity contribution < 1.29 is 28.2 Å². The standard InChI is InChI=1S/C11H15FN2O4.C11H13FN2O4/c2*1-3-6-8(16)11(2,12)9(18-6)14-5-4-7(15)13-10(14)17/h4-6,8-9,16H,3H2,1-2H3,(H,13,15,17);4-6,9H,3H2,1-2H3,(H,13,15,17)/t6-,8-,9-,11-;6-,9-,11-/m11/s1. The monoisotopic (exact) mass is 514 g/mol. The van der Waals surface area contributed by atoms with Crippen LogP contribution < -0.4 is 22.5 Å². The van der Waals surface area contributed by atoms with E-state index in [-0.39, 0.29) is 0 Å². The molecule has 0 spiro atoms. The summed E-state index contributed by atoms with van der Waals surface area (Å²) in [5.74, 6) is -0.687. The fourth-order valence-corrected chi connectivity index (χ4v) is 4.15. The summed E-state index contributed by atoms with van der Waals surface area (Å²) in [5.41, 5.74) is -7.11. The molecule has 0 unspecified atom stereocenters. The Morgan fingerprint density at radius 2 is 1.39 bits per heavy atom. The van der Waals surface area contributed by atoms with Gasteiger partial charge in [-0.1, -0.05) is 13.8 Å². The Morgan fingerprint density at radius 3 is 1.78 bits per heavy atom. The molecule has 0 radical (unpaired) electrons. The Morgan fingerprint density at radius 1 is 0.889 bits per heavy atom. The van der Waals surface area contributed by atoms with E-state index < -0.39 is 70.4 Å². The number of Topliss-reactive ketones (excluding diaryl/α,β-unsaturated/α-hetero) is 1. The molecule has 2 fully saturated rings. The lowest BCUT2D eigenvalue weighted by molar-refractivity contribution is -0.129. The van der Waals surface area contributed by atoms with Gasteiger partial charge in [-0.25, -0.2) is 18.4 Å². The molecular formula is C22H28F2N4O8. The largest absolute Gasteiger partial charge is 0.387 e. The summed E-state index contributed by atoms with van der Waals surface area (Å²) in [6.45, 7) is 5.70. The maximum absolute atomic E-state index is 14.4. The van der Waals surface area contributed by atoms with Crippen LogP contribution in [0.25, 0.3) is 0 Å². The first kappa shape index (κ1) is 27.4. The van der Waals surface area contributed by atoms with Gasteiger partial charge in [0.2, 0.25) is 11.5 Å². The number of carbonyl (C=O) groups is 1. The van der Waals surface area contributed by atoms with Crippen LogP contribution in [0.5, 0.6) is 0 Å². The molecule has 14 heteroatoms. The molecule has 0 saturated carbocycles. The van der Waals surface area contributed by atoms with Crippen molar-refractivity contribution >= 4 is 5.78 Å². The molecule has 0 amide bonds. The van der Waals surface area contributed by atoms with E-state index in [1.54, 1.807) is 13.8 Å². The van der Waals surface area contributed by atoms with Crippen molar-refractivity contribution in [1.29, 1.82) is 0 Å². The second kappa shape index (κ2) is 10.0. The number of hydrogen-bond donors (Lipinski definition) is 3. The fourth-order valence-electron chi connectivity index (χ4n) is 4.15. The second-order valence-corrected chi connectivity index (χ2v) is 8.89. The van der Waals surface area contributed by atoms with Crippen LogP contribution in [0.1, 0.15) is 53.0 Å². The van der Waals surface area contributed by atoms with Gasteiger partial charge in [-0.15, -0.1) is 0 Å². The van der Waals surface area contributed by atoms with Gasteiger partial charge < -0.3 is 14.6 Å². The second-order valence-electron chi connectivity index (χ2n) is 8.89. The van der Waals surface area contributed by atoms with Crippen LogP contribution in [0.15, 0.2) is 43.7 Å². The van der Waals surface area contributed by atoms with E-state index in [0.717, 1.165) is 40.6 Å². The number of H-pyrrole nitrogens is 2. The number of carbonyl (C=O) groups excluding carboxylic acids is 1. The van der Waals surface area contributed by atoms with Gasteiger partial charge in [0.05, 0.1) is 6.10 Å². The molecule has 0 aliphatic carbocycles. The van der Waals surface area contributed by atoms with E-state index in [1.165, 1.54) is 6.92 Å². The van der Waals surface area contributed by atoms with Crippen molar-refractivity contribution in [2.24, 2.45) is 0 Å². The van der Waals surface area contributed by atoms with E-state index >= 15 is 0 Å². The van der Waals surface area contributed by atoms with Gasteiger partial charge in [0.25, 0.3) is 11.1 Å². The number of hydrogen-bond acceptors (Lipinski definition) is 8. The quantitative estimate of drug-likeness (QED) is 0.516. The van der Waals surface area contributed by atoms with Crippen LogP contribution in [0.4, 0.5) is 8.78 Å². The third kappa shape index (κ3) is 4.88. The maximum atomic E-state index is 14.4. The highest BCUT2D eigenvalue weighted by atomic mass is 19.1. The maximum Gasteiger partial charge on any atom is 0.330 e. The normalized spacial score (nSPS) is 33.9. The Bertz CT molecular complexity index is 1340. The van der Waals surface area contributed by atoms with E-state index in [1.807, 2.05) is 9.97 Å². The van der Waals surface area contributed by atoms with Gasteiger partial charge >= 0.3 is 11.4 Å². The van der Waals surface area contributed by atoms with Crippen molar-refractivity contribution in [3.63, 3.8) is 0 Å². The molecule has 12 nitrogen and oxygen atoms in total. The first-order valence-electron chi connectivity index (χ1n) is 11.3. The Labute approximate surface area is 202 Å². The lowest BCUT2D eigenvalue weighted by Crippen LogP contribution is -2.43. The van der Waals surface area contributed by atoms with Crippen LogP contribution in [0.3, 0.4) is 0 Å². The molecule has 2 aliphatic rings. The van der Waals surface area contributed by atoms with Crippen LogP contribution in [-0.2, 0) is 14.3 Å². The summed E-state index contributed by atoms with van der Waals surface area (Å²) >= 11 is 0. The number of aliphatic hydroxyl groups excluding tert-OH is 1. The van der Waals surface area contributed by atoms with E-state index in [0.29, 0.717) is 12.8 Å². The molecule has 0 aromatic carbocycles. The first-order valence-corrected chi connectivity index (χ1v) is 11.3. The predicted octanol–water partition coefficient (Wildman–Crippen LogP) is 0.0744. The number of nitrogens with zero attached hydrogens (tertiary/aromatic N) is 2. The Hall–Kier alpha value is -3.23. The molecule has 36 heavy (non-hydrogen) atoms. The predicted molar refractivity (Wildman–Crippen MR) is 121 cm³/mol. The zero-order valence-corrected chi connectivity index (χ0v) is 20.1. The zero-order chi connectivity index (χ0) is 27.0. The molecule has 2 aromatic heterocycles. The molecule has 2 saturated heterocycles. The smallest absolute Gasteiger partial charge is 0.330 e. The zero-order valence-electron chi connectivity index (χ0n) is 20.1. The van der Waals surface area contributed by atoms with Gasteiger partial charge in [0.15, 0.2) is 18.1 Å². The number of rotatable bonds is 4. The van der Waals surface area contributed by atoms with E-state index in [9.17, 15) is 37.9 Å². The van der Waals surface area contributed by atoms with Crippen LogP contribution >= 0.6 is 0 Å². The number of ether oxygens (including phenoxy) is 2. The molecule has 2 aliphatic heterocycles. The highest BCUT2D eigenvalue weighted by Crippen LogP contribution is 2.41. The summed E-state index contributed by atoms with van der Waals surface area (Å²) in [6, 6.07) is 2.18. The minimum atomic E-state index is -2.29. The number of nitrogens with one attached hydrogen (secondary N) is 2. The molecule has 3 N–H and O–H groups in total. The van der Waals surface area contributed by atoms with Crippen molar-refractivity contribution in [3.8, 4) is 0 Å². The highest BCUT2D eigenvalue weighted by molar-refractivity contribution is 5.92. The Kier molecular flexibility index (Phi) is 7.62. The minimum absolute atomic E-state index is 0.326. The molecule has 7 atom stereocenters. The average molecular weight is 514 g/mol. The fraction of sp³-hybridized carbons (Fsp3) is 0.591. The van der Waals surface area contributed by atoms with Gasteiger partial charge in [-0.3, -0.25) is 33.5 Å². The van der Waals surface area contributed by atoms with Crippen LogP contribution in [0, 0.1) is 0 Å². The molecule has 4 rings (SSSR count). The number of alkyl halides is 2. The summed E-state index contributed by atoms with van der Waals surface area (Å²) in [5, 5.41) is 9.81. The van der Waals surface area contributed by atoms with Crippen LogP contribution in [0.2, 0.25) is 0 Å². The lowest BCUT2D eigenvalue weighted by Gasteiger charge is -2.24. The van der Waals surface area contributed by atoms with Gasteiger partial charge in [0.1, 0.15) is 12.2 Å². The topological polar surface area (TPSA) is 165 Å². The third-order valence-electron chi connectivity index (χ3n) is 6.23. The summed E-state index contributed by atoms with van der Waals surface area (Å²) < 4.78 is 41.2. The summed E-state index contributed by atoms with van der Waals surface area (Å²) in [4.78, 5) is 60.8. The lowest BCUT2D eigenvalue weighted by atomic mass is 9.97. The van der Waals surface area contributed by atoms with Crippen LogP contribution in [-0.4, -0.2) is 59.6 Å². The molecule has 0 bridgehead atoms. The molecule has 198 valence electrons. The molecule has 4 heterocycles. The number of halogens is 2. The number of ketones is 1. The number of aliphatic hydroxyl groups is 1. The number of aromatic amines is 2. The third-order valence-corrected chi connectivity index (χ3v) is 6.23. The minimum Gasteiger partial charge on any atom is -0.387 e. The van der Waals surface area contributed by atoms with Gasteiger partial charge in [-0.05, 0) is 26.7 Å². The average Bonchev–Trinajstić information content (AvgIpc) is 3.17. The highest BCUT2D eigenvalue weighted by Gasteiger charge is 2.55. The molecular weight excluding hydrogens is 486 g/mol. The SMILES string of the molecule is CC[C@H]1O[C@@H](n2ccc(=O)[nH]c2=O)[C@](C)(F)C1=O.CC[C@H]1O[C@@H](n2ccc(=O)[nH]c2=O)[C@](C)(F)[C@@H]1O. The number of aromatic nitrogens is 4. The van der Waals surface area contributed by atoms with E-state index in [4.69, 9.17) is 9.47 Å². The molecule has 2 aromatic rings. The summed E-state index contributed by atoms with van der Waals surface area (Å²) in [6.07, 6.45) is -2.42. The van der Waals surface area contributed by atoms with Crippen molar-refractivity contribution in [2.75, 3.05) is 0 Å². The van der Waals surface area contributed by atoms with E-state index in [2.05, 4.69) is 0 Å². The van der Waals surface area contributed by atoms with Crippen molar-refractivity contribution in [1.82, 2.24) is 19.1 Å². The summed E-state index contributed by atoms with van der Waals surface area (Å²) in [7, 11) is 0. The Balaban J connectivity index is 0.000000201. The first-order chi connectivity index (χ1) is 16.7. The van der Waals surface area contributed by atoms with Gasteiger partial charge in [-0.2, -0.15) is 0 Å². The van der Waals surface area contributed by atoms with Crippen molar-refractivity contribution in [3.05, 3.63) is 66.2 Å². The van der Waals surface area contributed by atoms with Crippen molar-refractivity contribution in [2.45, 2.75) is 82.6 Å². The van der Waals surface area contributed by atoms with Gasteiger partial charge in [0, 0.05) is 24.5 Å².